The Hall–Kier alpha value is -0.410. The lowest BCUT2D eigenvalue weighted by atomic mass is 10.0. The van der Waals surface area contributed by atoms with Crippen LogP contribution in [0, 0.1) is 0 Å². The van der Waals surface area contributed by atoms with Gasteiger partial charge in [-0.2, -0.15) is 48.3 Å². The highest BCUT2D eigenvalue weighted by Gasteiger charge is 2.87. The van der Waals surface area contributed by atoms with Crippen molar-refractivity contribution in [1.82, 2.24) is 0 Å². The zero-order chi connectivity index (χ0) is 15.2. The van der Waals surface area contributed by atoms with Crippen molar-refractivity contribution in [3.8, 4) is 0 Å². The summed E-state index contributed by atoms with van der Waals surface area (Å²) in [5, 5.41) is 0. The van der Waals surface area contributed by atoms with E-state index in [0.29, 0.717) is 0 Å². The van der Waals surface area contributed by atoms with E-state index in [1.54, 1.807) is 0 Å². The molecule has 0 radical (unpaired) electrons. The molecule has 0 rings (SSSR count). The van der Waals surface area contributed by atoms with Crippen LogP contribution in [0.25, 0.3) is 0 Å². The number of hydrogen-bond acceptors (Lipinski definition) is 0. The van der Waals surface area contributed by atoms with Crippen molar-refractivity contribution in [1.29, 1.82) is 0 Å². The molecule has 1 atom stereocenters. The predicted octanol–water partition coefficient (Wildman–Crippen LogP) is 4.61. The van der Waals surface area contributed by atoms with Crippen LogP contribution in [0.1, 0.15) is 0 Å². The van der Waals surface area contributed by atoms with Gasteiger partial charge in [-0.15, -0.1) is 0 Å². The second-order valence-electron chi connectivity index (χ2n) is 2.89. The monoisotopic (exact) mass is 320 g/mol. The van der Waals surface area contributed by atoms with Crippen molar-refractivity contribution < 1.29 is 52.5 Å². The molecule has 13 heteroatoms. The summed E-state index contributed by atoms with van der Waals surface area (Å²) in [6, 6.07) is 0. The molecule has 0 fully saturated rings. The lowest BCUT2D eigenvalue weighted by molar-refractivity contribution is -0.412. The maximum absolute atomic E-state index is 12.3. The summed E-state index contributed by atoms with van der Waals surface area (Å²) in [6.07, 6.45) is -7.21. The predicted molar refractivity (Wildman–Crippen MR) is 35.3 cm³/mol. The van der Waals surface area contributed by atoms with Gasteiger partial charge in [0.2, 0.25) is 0 Å². The fourth-order valence-corrected chi connectivity index (χ4v) is 0.907. The van der Waals surface area contributed by atoms with E-state index < -0.39 is 38.5 Å². The van der Waals surface area contributed by atoms with Crippen molar-refractivity contribution in [2.24, 2.45) is 0 Å². The molecule has 0 aromatic carbocycles. The van der Waals surface area contributed by atoms with Crippen LogP contribution < -0.4 is 0 Å². The second kappa shape index (κ2) is 4.31. The van der Waals surface area contributed by atoms with Gasteiger partial charge in [-0.1, -0.05) is 0 Å². The van der Waals surface area contributed by atoms with Crippen molar-refractivity contribution in [2.45, 2.75) is 29.6 Å². The largest absolute Gasteiger partial charge is 0.460 e. The molecule has 0 nitrogen and oxygen atoms in total. The maximum Gasteiger partial charge on any atom is 0.460 e. The SMILES string of the molecule is FPC(F)(F)C(F)(F)C(F)(F)C(F)(F)C(F)(F)F. The van der Waals surface area contributed by atoms with E-state index in [1.807, 2.05) is 0 Å². The lowest BCUT2D eigenvalue weighted by Crippen LogP contribution is -2.65. The topological polar surface area (TPSA) is 0 Å². The van der Waals surface area contributed by atoms with Crippen LogP contribution in [0.3, 0.4) is 0 Å². The van der Waals surface area contributed by atoms with Crippen LogP contribution in [-0.4, -0.2) is 29.6 Å². The van der Waals surface area contributed by atoms with Gasteiger partial charge in [-0.05, 0) is 0 Å². The van der Waals surface area contributed by atoms with Crippen molar-refractivity contribution in [2.75, 3.05) is 0 Å². The van der Waals surface area contributed by atoms with Gasteiger partial charge >= 0.3 is 29.6 Å². The highest BCUT2D eigenvalue weighted by molar-refractivity contribution is 7.33. The van der Waals surface area contributed by atoms with Crippen LogP contribution in [0.5, 0.6) is 0 Å². The Bertz CT molecular complexity index is 302. The van der Waals surface area contributed by atoms with Crippen LogP contribution in [0.15, 0.2) is 0 Å². The Morgan fingerprint density at radius 1 is 0.500 bits per heavy atom. The van der Waals surface area contributed by atoms with Crippen LogP contribution >= 0.6 is 8.89 Å². The van der Waals surface area contributed by atoms with Gasteiger partial charge in [0.1, 0.15) is 8.89 Å². The Labute approximate surface area is 92.2 Å². The molecule has 110 valence electrons. The first kappa shape index (κ1) is 17.6. The standard InChI is InChI=1S/C5HF12P/c6-1(7,2(8,9)4(12,13)14)3(10,11)5(15,16)18-17/h18H. The van der Waals surface area contributed by atoms with Crippen molar-refractivity contribution in [3.05, 3.63) is 0 Å². The van der Waals surface area contributed by atoms with Crippen LogP contribution in [-0.2, 0) is 0 Å². The van der Waals surface area contributed by atoms with E-state index >= 15 is 0 Å². The van der Waals surface area contributed by atoms with Crippen LogP contribution in [0.4, 0.5) is 52.5 Å². The van der Waals surface area contributed by atoms with E-state index in [9.17, 15) is 52.5 Å². The summed E-state index contributed by atoms with van der Waals surface area (Å²) < 4.78 is 143. The third kappa shape index (κ3) is 2.23. The Morgan fingerprint density at radius 2 is 0.833 bits per heavy atom. The molecule has 0 N–H and O–H groups in total. The first-order valence-electron chi connectivity index (χ1n) is 3.52. The van der Waals surface area contributed by atoms with Gasteiger partial charge in [-0.3, -0.25) is 0 Å². The number of alkyl halides is 11. The highest BCUT2D eigenvalue weighted by atomic mass is 31.1. The molecule has 0 aromatic rings. The van der Waals surface area contributed by atoms with E-state index in [1.165, 1.54) is 0 Å². The normalized spacial score (nSPS) is 16.7. The Morgan fingerprint density at radius 3 is 1.06 bits per heavy atom. The van der Waals surface area contributed by atoms with Gasteiger partial charge in [0.05, 0.1) is 0 Å². The molecule has 0 aromatic heterocycles. The van der Waals surface area contributed by atoms with E-state index in [-0.39, 0.29) is 0 Å². The molecule has 0 saturated heterocycles. The molecule has 0 spiro atoms. The molecule has 1 unspecified atom stereocenters. The highest BCUT2D eigenvalue weighted by Crippen LogP contribution is 2.61. The fraction of sp³-hybridized carbons (Fsp3) is 1.00. The number of rotatable bonds is 4. The Balaban J connectivity index is 5.80. The molecule has 0 aliphatic carbocycles. The summed E-state index contributed by atoms with van der Waals surface area (Å²) >= 11 is 0. The van der Waals surface area contributed by atoms with Gasteiger partial charge in [0, 0.05) is 0 Å². The quantitative estimate of drug-likeness (QED) is 0.524. The van der Waals surface area contributed by atoms with E-state index in [4.69, 9.17) is 0 Å². The van der Waals surface area contributed by atoms with Gasteiger partial charge in [-0.25, -0.2) is 4.20 Å². The van der Waals surface area contributed by atoms with Gasteiger partial charge in [0.25, 0.3) is 0 Å². The molecule has 18 heavy (non-hydrogen) atoms. The minimum Gasteiger partial charge on any atom is -0.224 e. The molecule has 0 saturated carbocycles. The average Bonchev–Trinajstić information content (AvgIpc) is 2.15. The molecule has 0 aliphatic rings. The molecule has 0 bridgehead atoms. The fourth-order valence-electron chi connectivity index (χ4n) is 0.632. The van der Waals surface area contributed by atoms with Gasteiger partial charge in [0.15, 0.2) is 0 Å². The summed E-state index contributed by atoms with van der Waals surface area (Å²) in [6.45, 7) is 0. The molecular weight excluding hydrogens is 319 g/mol. The smallest absolute Gasteiger partial charge is 0.224 e. The first-order chi connectivity index (χ1) is 7.56. The third-order valence-corrected chi connectivity index (χ3v) is 2.21. The maximum atomic E-state index is 12.3. The Kier molecular flexibility index (Phi) is 4.21. The molecule has 0 aliphatic heterocycles. The third-order valence-electron chi connectivity index (χ3n) is 1.66. The van der Waals surface area contributed by atoms with E-state index in [2.05, 4.69) is 0 Å². The molecule has 0 amide bonds. The first-order valence-corrected chi connectivity index (χ1v) is 4.40. The minimum absolute atomic E-state index is 3.79. The lowest BCUT2D eigenvalue weighted by Gasteiger charge is -2.36. The zero-order valence-corrected chi connectivity index (χ0v) is 8.54. The second-order valence-corrected chi connectivity index (χ2v) is 3.71. The van der Waals surface area contributed by atoms with Crippen molar-refractivity contribution in [3.63, 3.8) is 0 Å². The zero-order valence-electron chi connectivity index (χ0n) is 7.54. The van der Waals surface area contributed by atoms with Crippen LogP contribution in [0.2, 0.25) is 0 Å². The summed E-state index contributed by atoms with van der Waals surface area (Å²) in [5.74, 6) is -22.2. The summed E-state index contributed by atoms with van der Waals surface area (Å²) in [7, 11) is -3.79. The molecule has 0 heterocycles. The summed E-state index contributed by atoms with van der Waals surface area (Å²) in [5.41, 5.74) is -6.36. The summed E-state index contributed by atoms with van der Waals surface area (Å²) in [4.78, 5) is 0. The number of hydrogen-bond donors (Lipinski definition) is 0. The average molecular weight is 320 g/mol. The van der Waals surface area contributed by atoms with Gasteiger partial charge < -0.3 is 0 Å². The van der Waals surface area contributed by atoms with Crippen molar-refractivity contribution >= 4 is 8.89 Å². The van der Waals surface area contributed by atoms with E-state index in [0.717, 1.165) is 0 Å². The minimum atomic E-state index is -7.51. The molecular formula is C5HF12P. The number of halogens is 12.